The molecule has 3 aromatic rings. The minimum absolute atomic E-state index is 0.0599. The van der Waals surface area contributed by atoms with Crippen molar-refractivity contribution < 1.29 is 18.8 Å². The second-order valence-electron chi connectivity index (χ2n) is 6.34. The minimum Gasteiger partial charge on any atom is -0.497 e. The number of methoxy groups -OCH3 is 1. The van der Waals surface area contributed by atoms with Crippen molar-refractivity contribution in [3.05, 3.63) is 60.0 Å². The maximum absolute atomic E-state index is 12.2. The van der Waals surface area contributed by atoms with Gasteiger partial charge < -0.3 is 19.9 Å². The van der Waals surface area contributed by atoms with E-state index >= 15 is 0 Å². The van der Waals surface area contributed by atoms with Gasteiger partial charge in [0, 0.05) is 31.1 Å². The van der Waals surface area contributed by atoms with E-state index in [0.717, 1.165) is 16.9 Å². The molecular weight excluding hydrogens is 372 g/mol. The van der Waals surface area contributed by atoms with Crippen LogP contribution in [0.5, 0.6) is 5.75 Å². The second kappa shape index (κ2) is 9.50. The third kappa shape index (κ3) is 5.65. The summed E-state index contributed by atoms with van der Waals surface area (Å²) in [6.07, 6.45) is 0.854. The summed E-state index contributed by atoms with van der Waals surface area (Å²) in [4.78, 5) is 27.9. The number of nitrogens with zero attached hydrogens (tertiary/aromatic N) is 2. The first-order valence-corrected chi connectivity index (χ1v) is 9.14. The molecule has 0 radical (unpaired) electrons. The van der Waals surface area contributed by atoms with Gasteiger partial charge in [0.2, 0.25) is 23.5 Å². The van der Waals surface area contributed by atoms with Crippen LogP contribution in [0.2, 0.25) is 0 Å². The summed E-state index contributed by atoms with van der Waals surface area (Å²) in [5, 5.41) is 9.34. The molecule has 0 spiro atoms. The number of hydrogen-bond donors (Lipinski definition) is 2. The average Bonchev–Trinajstić information content (AvgIpc) is 3.23. The summed E-state index contributed by atoms with van der Waals surface area (Å²) in [5.74, 6) is 1.39. The Hall–Kier alpha value is -3.68. The minimum atomic E-state index is -0.159. The lowest BCUT2D eigenvalue weighted by Crippen LogP contribution is -2.19. The van der Waals surface area contributed by atoms with E-state index in [2.05, 4.69) is 20.8 Å². The fraction of sp³-hybridized carbons (Fsp3) is 0.238. The van der Waals surface area contributed by atoms with Crippen LogP contribution in [0.3, 0.4) is 0 Å². The Bertz CT molecular complexity index is 965. The quantitative estimate of drug-likeness (QED) is 0.608. The molecule has 0 saturated carbocycles. The van der Waals surface area contributed by atoms with Crippen molar-refractivity contribution in [2.24, 2.45) is 0 Å². The van der Waals surface area contributed by atoms with E-state index in [9.17, 15) is 9.59 Å². The highest BCUT2D eigenvalue weighted by Gasteiger charge is 2.11. The molecule has 0 atom stereocenters. The Morgan fingerprint density at radius 3 is 2.41 bits per heavy atom. The largest absolute Gasteiger partial charge is 0.497 e. The normalized spacial score (nSPS) is 10.4. The molecule has 0 fully saturated rings. The maximum Gasteiger partial charge on any atom is 0.227 e. The number of likely N-dealkylation sites (N-methyl/N-ethyl adjacent to an activating group) is 1. The van der Waals surface area contributed by atoms with E-state index in [4.69, 9.17) is 9.26 Å². The van der Waals surface area contributed by atoms with Crippen molar-refractivity contribution in [1.29, 1.82) is 0 Å². The number of anilines is 1. The number of nitrogens with one attached hydrogen (secondary N) is 2. The predicted octanol–water partition coefficient (Wildman–Crippen LogP) is 2.61. The highest BCUT2D eigenvalue weighted by molar-refractivity contribution is 5.90. The number of carbonyl (C=O) groups excluding carboxylic acids is 2. The molecule has 2 aromatic carbocycles. The Morgan fingerprint density at radius 1 is 1.03 bits per heavy atom. The van der Waals surface area contributed by atoms with E-state index in [1.54, 1.807) is 26.3 Å². The van der Waals surface area contributed by atoms with Crippen molar-refractivity contribution in [3.8, 4) is 17.1 Å². The molecule has 1 heterocycles. The zero-order valence-corrected chi connectivity index (χ0v) is 16.3. The molecule has 0 aliphatic heterocycles. The SMILES string of the molecule is CNC(=O)Cc1ccc(NC(=O)CCc2nc(-c3ccc(OC)cc3)no2)cc1. The first-order chi connectivity index (χ1) is 14.1. The summed E-state index contributed by atoms with van der Waals surface area (Å²) < 4.78 is 10.4. The lowest BCUT2D eigenvalue weighted by atomic mass is 10.1. The average molecular weight is 394 g/mol. The summed E-state index contributed by atoms with van der Waals surface area (Å²) in [7, 11) is 3.20. The summed E-state index contributed by atoms with van der Waals surface area (Å²) >= 11 is 0. The molecule has 29 heavy (non-hydrogen) atoms. The molecule has 2 amide bonds. The first kappa shape index (κ1) is 20.1. The van der Waals surface area contributed by atoms with E-state index in [1.807, 2.05) is 36.4 Å². The first-order valence-electron chi connectivity index (χ1n) is 9.14. The van der Waals surface area contributed by atoms with Crippen LogP contribution in [0.4, 0.5) is 5.69 Å². The molecule has 0 aliphatic rings. The third-order valence-electron chi connectivity index (χ3n) is 4.26. The summed E-state index contributed by atoms with van der Waals surface area (Å²) in [5.41, 5.74) is 2.35. The van der Waals surface area contributed by atoms with Gasteiger partial charge in [-0.15, -0.1) is 0 Å². The molecular formula is C21H22N4O4. The van der Waals surface area contributed by atoms with E-state index < -0.39 is 0 Å². The van der Waals surface area contributed by atoms with E-state index in [0.29, 0.717) is 30.2 Å². The van der Waals surface area contributed by atoms with Gasteiger partial charge in [-0.3, -0.25) is 9.59 Å². The van der Waals surface area contributed by atoms with Crippen molar-refractivity contribution in [1.82, 2.24) is 15.5 Å². The van der Waals surface area contributed by atoms with Crippen LogP contribution >= 0.6 is 0 Å². The molecule has 0 saturated heterocycles. The number of ether oxygens (including phenoxy) is 1. The number of aromatic nitrogens is 2. The van der Waals surface area contributed by atoms with Gasteiger partial charge >= 0.3 is 0 Å². The van der Waals surface area contributed by atoms with Crippen LogP contribution in [-0.4, -0.2) is 36.1 Å². The number of carbonyl (C=O) groups is 2. The highest BCUT2D eigenvalue weighted by Crippen LogP contribution is 2.20. The molecule has 8 nitrogen and oxygen atoms in total. The monoisotopic (exact) mass is 394 g/mol. The van der Waals surface area contributed by atoms with Crippen molar-refractivity contribution in [2.45, 2.75) is 19.3 Å². The fourth-order valence-corrected chi connectivity index (χ4v) is 2.64. The zero-order valence-electron chi connectivity index (χ0n) is 16.3. The van der Waals surface area contributed by atoms with Crippen molar-refractivity contribution in [3.63, 3.8) is 0 Å². The Kier molecular flexibility index (Phi) is 6.57. The van der Waals surface area contributed by atoms with Gasteiger partial charge in [-0.1, -0.05) is 17.3 Å². The Morgan fingerprint density at radius 2 is 1.76 bits per heavy atom. The van der Waals surface area contributed by atoms with Gasteiger partial charge in [-0.05, 0) is 42.0 Å². The fourth-order valence-electron chi connectivity index (χ4n) is 2.64. The topological polar surface area (TPSA) is 106 Å². The Labute approximate surface area is 168 Å². The number of aryl methyl sites for hydroxylation is 1. The maximum atomic E-state index is 12.2. The highest BCUT2D eigenvalue weighted by atomic mass is 16.5. The van der Waals surface area contributed by atoms with Gasteiger partial charge in [0.15, 0.2) is 0 Å². The third-order valence-corrected chi connectivity index (χ3v) is 4.26. The van der Waals surface area contributed by atoms with Crippen LogP contribution in [0.1, 0.15) is 17.9 Å². The van der Waals surface area contributed by atoms with E-state index in [1.165, 1.54) is 0 Å². The van der Waals surface area contributed by atoms with Gasteiger partial charge in [-0.25, -0.2) is 0 Å². The Balaban J connectivity index is 1.50. The molecule has 0 unspecified atom stereocenters. The van der Waals surface area contributed by atoms with Crippen molar-refractivity contribution in [2.75, 3.05) is 19.5 Å². The van der Waals surface area contributed by atoms with Gasteiger partial charge in [0.1, 0.15) is 5.75 Å². The molecule has 0 aliphatic carbocycles. The standard InChI is InChI=1S/C21H22N4O4/c1-22-19(27)13-14-3-7-16(8-4-14)23-18(26)11-12-20-24-21(25-29-20)15-5-9-17(28-2)10-6-15/h3-10H,11-13H2,1-2H3,(H,22,27)(H,23,26). The molecule has 2 N–H and O–H groups in total. The summed E-state index contributed by atoms with van der Waals surface area (Å²) in [6, 6.07) is 14.5. The number of rotatable bonds is 8. The van der Waals surface area contributed by atoms with Crippen LogP contribution in [-0.2, 0) is 22.4 Å². The van der Waals surface area contributed by atoms with Crippen molar-refractivity contribution >= 4 is 17.5 Å². The molecule has 150 valence electrons. The van der Waals surface area contributed by atoms with Gasteiger partial charge in [0.05, 0.1) is 13.5 Å². The molecule has 3 rings (SSSR count). The molecule has 0 bridgehead atoms. The van der Waals surface area contributed by atoms with Crippen LogP contribution in [0, 0.1) is 0 Å². The predicted molar refractivity (Wildman–Crippen MR) is 107 cm³/mol. The number of benzene rings is 2. The number of amides is 2. The van der Waals surface area contributed by atoms with E-state index in [-0.39, 0.29) is 18.2 Å². The second-order valence-corrected chi connectivity index (χ2v) is 6.34. The van der Waals surface area contributed by atoms with Crippen LogP contribution in [0.15, 0.2) is 53.1 Å². The summed E-state index contributed by atoms with van der Waals surface area (Å²) in [6.45, 7) is 0. The lowest BCUT2D eigenvalue weighted by molar-refractivity contribution is -0.120. The zero-order chi connectivity index (χ0) is 20.6. The molecule has 1 aromatic heterocycles. The smallest absolute Gasteiger partial charge is 0.227 e. The van der Waals surface area contributed by atoms with Crippen LogP contribution in [0.25, 0.3) is 11.4 Å². The van der Waals surface area contributed by atoms with Gasteiger partial charge in [0.25, 0.3) is 0 Å². The number of hydrogen-bond acceptors (Lipinski definition) is 6. The van der Waals surface area contributed by atoms with Gasteiger partial charge in [-0.2, -0.15) is 4.98 Å². The lowest BCUT2D eigenvalue weighted by Gasteiger charge is -2.06. The molecule has 8 heteroatoms. The van der Waals surface area contributed by atoms with Crippen LogP contribution < -0.4 is 15.4 Å².